The van der Waals surface area contributed by atoms with Gasteiger partial charge in [-0.25, -0.2) is 13.6 Å². The van der Waals surface area contributed by atoms with Crippen molar-refractivity contribution in [1.82, 2.24) is 5.32 Å². The van der Waals surface area contributed by atoms with Gasteiger partial charge >= 0.3 is 6.03 Å². The molecule has 0 radical (unpaired) electrons. The molecule has 0 saturated carbocycles. The maximum atomic E-state index is 13.0. The summed E-state index contributed by atoms with van der Waals surface area (Å²) in [6, 6.07) is 8.94. The van der Waals surface area contributed by atoms with Crippen LogP contribution < -0.4 is 10.6 Å². The van der Waals surface area contributed by atoms with Gasteiger partial charge in [0.15, 0.2) is 11.6 Å². The molecule has 0 aliphatic carbocycles. The summed E-state index contributed by atoms with van der Waals surface area (Å²) in [6.45, 7) is 4.52. The first-order chi connectivity index (χ1) is 10.5. The van der Waals surface area contributed by atoms with Crippen molar-refractivity contribution in [1.29, 1.82) is 0 Å². The van der Waals surface area contributed by atoms with Crippen molar-refractivity contribution in [2.24, 2.45) is 0 Å². The Bertz CT molecular complexity index is 686. The van der Waals surface area contributed by atoms with E-state index >= 15 is 0 Å². The maximum absolute atomic E-state index is 13.0. The standard InChI is InChI=1S/C17H18F2N2O/c1-11-3-4-13(12(2)9-11)7-8-20-17(22)21-14-5-6-15(18)16(19)10-14/h3-6,9-10H,7-8H2,1-2H3,(H2,20,21,22). The summed E-state index contributed by atoms with van der Waals surface area (Å²) >= 11 is 0. The van der Waals surface area contributed by atoms with Crippen LogP contribution in [0.25, 0.3) is 0 Å². The summed E-state index contributed by atoms with van der Waals surface area (Å²) < 4.78 is 25.8. The summed E-state index contributed by atoms with van der Waals surface area (Å²) in [5, 5.41) is 5.15. The third-order valence-electron chi connectivity index (χ3n) is 3.36. The van der Waals surface area contributed by atoms with Gasteiger partial charge in [-0.15, -0.1) is 0 Å². The molecule has 0 atom stereocenters. The minimum atomic E-state index is -0.993. The van der Waals surface area contributed by atoms with E-state index < -0.39 is 17.7 Å². The molecule has 116 valence electrons. The zero-order chi connectivity index (χ0) is 16.1. The number of amides is 2. The summed E-state index contributed by atoms with van der Waals surface area (Å²) in [5.74, 6) is -1.94. The van der Waals surface area contributed by atoms with Gasteiger partial charge in [0, 0.05) is 18.3 Å². The van der Waals surface area contributed by atoms with Gasteiger partial charge in [-0.05, 0) is 43.5 Å². The van der Waals surface area contributed by atoms with E-state index in [1.165, 1.54) is 22.8 Å². The Balaban J connectivity index is 1.83. The largest absolute Gasteiger partial charge is 0.338 e. The first-order valence-corrected chi connectivity index (χ1v) is 7.02. The number of urea groups is 1. The molecule has 22 heavy (non-hydrogen) atoms. The highest BCUT2D eigenvalue weighted by atomic mass is 19.2. The highest BCUT2D eigenvalue weighted by Gasteiger charge is 2.06. The molecule has 0 aliphatic rings. The predicted octanol–water partition coefficient (Wildman–Crippen LogP) is 3.95. The molecule has 0 spiro atoms. The molecule has 2 aromatic rings. The first kappa shape index (κ1) is 15.9. The Labute approximate surface area is 128 Å². The van der Waals surface area contributed by atoms with E-state index in [0.29, 0.717) is 13.0 Å². The van der Waals surface area contributed by atoms with E-state index in [1.54, 1.807) is 0 Å². The summed E-state index contributed by atoms with van der Waals surface area (Å²) in [6.07, 6.45) is 0.706. The monoisotopic (exact) mass is 304 g/mol. The molecular weight excluding hydrogens is 286 g/mol. The van der Waals surface area contributed by atoms with Gasteiger partial charge < -0.3 is 10.6 Å². The van der Waals surface area contributed by atoms with E-state index in [-0.39, 0.29) is 5.69 Å². The molecule has 2 amide bonds. The van der Waals surface area contributed by atoms with Crippen molar-refractivity contribution < 1.29 is 13.6 Å². The predicted molar refractivity (Wildman–Crippen MR) is 83.0 cm³/mol. The van der Waals surface area contributed by atoms with Gasteiger partial charge in [0.05, 0.1) is 0 Å². The average Bonchev–Trinajstić information content (AvgIpc) is 2.45. The normalized spacial score (nSPS) is 10.4. The second kappa shape index (κ2) is 7.02. The molecule has 2 N–H and O–H groups in total. The quantitative estimate of drug-likeness (QED) is 0.882. The lowest BCUT2D eigenvalue weighted by Crippen LogP contribution is -2.30. The summed E-state index contributed by atoms with van der Waals surface area (Å²) in [7, 11) is 0. The second-order valence-corrected chi connectivity index (χ2v) is 5.19. The average molecular weight is 304 g/mol. The Morgan fingerprint density at radius 1 is 1.05 bits per heavy atom. The van der Waals surface area contributed by atoms with Gasteiger partial charge in [0.1, 0.15) is 0 Å². The van der Waals surface area contributed by atoms with E-state index in [0.717, 1.165) is 12.1 Å². The molecular formula is C17H18F2N2O. The smallest absolute Gasteiger partial charge is 0.319 e. The summed E-state index contributed by atoms with van der Waals surface area (Å²) in [4.78, 5) is 11.7. The Morgan fingerprint density at radius 3 is 2.50 bits per heavy atom. The van der Waals surface area contributed by atoms with E-state index in [4.69, 9.17) is 0 Å². The van der Waals surface area contributed by atoms with Crippen LogP contribution >= 0.6 is 0 Å². The fourth-order valence-corrected chi connectivity index (χ4v) is 2.19. The number of carbonyl (C=O) groups is 1. The Hall–Kier alpha value is -2.43. The SMILES string of the molecule is Cc1ccc(CCNC(=O)Nc2ccc(F)c(F)c2)c(C)c1. The van der Waals surface area contributed by atoms with Crippen LogP contribution in [0.4, 0.5) is 19.3 Å². The maximum Gasteiger partial charge on any atom is 0.319 e. The number of nitrogens with one attached hydrogen (secondary N) is 2. The van der Waals surface area contributed by atoms with Gasteiger partial charge in [0.2, 0.25) is 0 Å². The Morgan fingerprint density at radius 2 is 1.82 bits per heavy atom. The van der Waals surface area contributed by atoms with Crippen molar-refractivity contribution in [3.05, 3.63) is 64.7 Å². The molecule has 0 aromatic heterocycles. The zero-order valence-corrected chi connectivity index (χ0v) is 12.5. The van der Waals surface area contributed by atoms with E-state index in [2.05, 4.69) is 16.7 Å². The van der Waals surface area contributed by atoms with E-state index in [1.807, 2.05) is 26.0 Å². The summed E-state index contributed by atoms with van der Waals surface area (Å²) in [5.41, 5.74) is 3.76. The molecule has 0 saturated heterocycles. The number of halogens is 2. The highest BCUT2D eigenvalue weighted by molar-refractivity contribution is 5.89. The van der Waals surface area contributed by atoms with Crippen molar-refractivity contribution in [3.8, 4) is 0 Å². The van der Waals surface area contributed by atoms with Crippen LogP contribution in [0.5, 0.6) is 0 Å². The van der Waals surface area contributed by atoms with Crippen LogP contribution in [0.2, 0.25) is 0 Å². The topological polar surface area (TPSA) is 41.1 Å². The minimum Gasteiger partial charge on any atom is -0.338 e. The van der Waals surface area contributed by atoms with Gasteiger partial charge in [0.25, 0.3) is 0 Å². The third-order valence-corrected chi connectivity index (χ3v) is 3.36. The van der Waals surface area contributed by atoms with Crippen LogP contribution in [-0.4, -0.2) is 12.6 Å². The van der Waals surface area contributed by atoms with Gasteiger partial charge in [-0.1, -0.05) is 23.8 Å². The van der Waals surface area contributed by atoms with Crippen molar-refractivity contribution in [3.63, 3.8) is 0 Å². The molecule has 2 aromatic carbocycles. The number of hydrogen-bond donors (Lipinski definition) is 2. The lowest BCUT2D eigenvalue weighted by Gasteiger charge is -2.10. The fourth-order valence-electron chi connectivity index (χ4n) is 2.19. The first-order valence-electron chi connectivity index (χ1n) is 7.02. The lowest BCUT2D eigenvalue weighted by atomic mass is 10.0. The number of rotatable bonds is 4. The third kappa shape index (κ3) is 4.28. The molecule has 2 rings (SSSR count). The fraction of sp³-hybridized carbons (Fsp3) is 0.235. The molecule has 0 bridgehead atoms. The zero-order valence-electron chi connectivity index (χ0n) is 12.5. The van der Waals surface area contributed by atoms with Crippen molar-refractivity contribution in [2.45, 2.75) is 20.3 Å². The van der Waals surface area contributed by atoms with Crippen molar-refractivity contribution >= 4 is 11.7 Å². The Kier molecular flexibility index (Phi) is 5.09. The van der Waals surface area contributed by atoms with Crippen LogP contribution in [0.15, 0.2) is 36.4 Å². The number of aryl methyl sites for hydroxylation is 2. The number of hydrogen-bond acceptors (Lipinski definition) is 1. The van der Waals surface area contributed by atoms with Gasteiger partial charge in [-0.3, -0.25) is 0 Å². The molecule has 5 heteroatoms. The van der Waals surface area contributed by atoms with Crippen LogP contribution in [0.1, 0.15) is 16.7 Å². The van der Waals surface area contributed by atoms with Crippen LogP contribution in [0.3, 0.4) is 0 Å². The molecule has 3 nitrogen and oxygen atoms in total. The van der Waals surface area contributed by atoms with Crippen molar-refractivity contribution in [2.75, 3.05) is 11.9 Å². The molecule has 0 heterocycles. The van der Waals surface area contributed by atoms with Crippen LogP contribution in [-0.2, 0) is 6.42 Å². The number of carbonyl (C=O) groups excluding carboxylic acids is 1. The second-order valence-electron chi connectivity index (χ2n) is 5.19. The van der Waals surface area contributed by atoms with E-state index in [9.17, 15) is 13.6 Å². The van der Waals surface area contributed by atoms with Gasteiger partial charge in [-0.2, -0.15) is 0 Å². The number of anilines is 1. The molecule has 0 fully saturated rings. The highest BCUT2D eigenvalue weighted by Crippen LogP contribution is 2.13. The molecule has 0 aliphatic heterocycles. The number of benzene rings is 2. The minimum absolute atomic E-state index is 0.211. The van der Waals surface area contributed by atoms with Crippen LogP contribution in [0, 0.1) is 25.5 Å². The molecule has 0 unspecified atom stereocenters. The lowest BCUT2D eigenvalue weighted by molar-refractivity contribution is 0.252.